The van der Waals surface area contributed by atoms with Crippen molar-refractivity contribution >= 4 is 22.8 Å². The zero-order valence-corrected chi connectivity index (χ0v) is 14.1. The smallest absolute Gasteiger partial charge is 0.317 e. The van der Waals surface area contributed by atoms with E-state index in [0.717, 1.165) is 47.0 Å². The van der Waals surface area contributed by atoms with Crippen LogP contribution in [0.5, 0.6) is 0 Å². The number of aromatic nitrogens is 1. The second-order valence-corrected chi connectivity index (χ2v) is 6.74. The fourth-order valence-corrected chi connectivity index (χ4v) is 3.91. The van der Waals surface area contributed by atoms with E-state index in [1.165, 1.54) is 0 Å². The summed E-state index contributed by atoms with van der Waals surface area (Å²) in [7, 11) is 0. The molecule has 0 bridgehead atoms. The van der Waals surface area contributed by atoms with Gasteiger partial charge in [0.1, 0.15) is 0 Å². The Labute approximate surface area is 146 Å². The molecule has 2 aliphatic rings. The van der Waals surface area contributed by atoms with E-state index in [9.17, 15) is 9.59 Å². The average molecular weight is 339 g/mol. The van der Waals surface area contributed by atoms with Crippen molar-refractivity contribution in [1.82, 2.24) is 14.8 Å². The number of aryl methyl sites for hydroxylation is 1. The number of fused-ring (bicyclic) bond motifs is 2. The molecule has 0 saturated carbocycles. The first-order chi connectivity index (χ1) is 12.1. The van der Waals surface area contributed by atoms with Crippen molar-refractivity contribution in [3.05, 3.63) is 41.1 Å². The molecule has 2 aromatic rings. The Morgan fingerprint density at radius 2 is 1.84 bits per heavy atom. The molecule has 2 heterocycles. The van der Waals surface area contributed by atoms with Crippen LogP contribution in [0.25, 0.3) is 10.9 Å². The van der Waals surface area contributed by atoms with Crippen molar-refractivity contribution < 1.29 is 14.7 Å². The van der Waals surface area contributed by atoms with Crippen LogP contribution >= 0.6 is 0 Å². The van der Waals surface area contributed by atoms with Crippen LogP contribution in [0.4, 0.5) is 0 Å². The normalized spacial score (nSPS) is 17.7. The van der Waals surface area contributed by atoms with Crippen molar-refractivity contribution in [3.8, 4) is 0 Å². The molecule has 0 unspecified atom stereocenters. The van der Waals surface area contributed by atoms with Gasteiger partial charge in [0.25, 0.3) is 5.91 Å². The summed E-state index contributed by atoms with van der Waals surface area (Å²) in [6.07, 6.45) is 2.89. The Kier molecular flexibility index (Phi) is 4.13. The summed E-state index contributed by atoms with van der Waals surface area (Å²) in [6.45, 7) is 2.37. The van der Waals surface area contributed by atoms with E-state index in [0.29, 0.717) is 26.2 Å². The lowest BCUT2D eigenvalue weighted by Gasteiger charge is -2.34. The lowest BCUT2D eigenvalue weighted by Crippen LogP contribution is -2.50. The minimum atomic E-state index is -0.822. The van der Waals surface area contributed by atoms with Crippen molar-refractivity contribution in [2.45, 2.75) is 19.3 Å². The summed E-state index contributed by atoms with van der Waals surface area (Å²) in [5.41, 5.74) is 3.86. The SMILES string of the molecule is O=C(O)CN1CCN(C(=O)c2c3c(nc4ccccc24)CCC3)CC1. The number of para-hydroxylation sites is 1. The summed E-state index contributed by atoms with van der Waals surface area (Å²) in [4.78, 5) is 32.6. The van der Waals surface area contributed by atoms with E-state index in [-0.39, 0.29) is 12.5 Å². The van der Waals surface area contributed by atoms with Gasteiger partial charge in [0.15, 0.2) is 0 Å². The molecule has 1 N–H and O–H groups in total. The molecule has 4 rings (SSSR count). The van der Waals surface area contributed by atoms with Crippen molar-refractivity contribution in [2.24, 2.45) is 0 Å². The maximum absolute atomic E-state index is 13.3. The van der Waals surface area contributed by atoms with Gasteiger partial charge in [0.2, 0.25) is 0 Å². The first kappa shape index (κ1) is 16.0. The predicted octanol–water partition coefficient (Wildman–Crippen LogP) is 1.57. The number of amides is 1. The highest BCUT2D eigenvalue weighted by molar-refractivity contribution is 6.07. The molecule has 1 aromatic carbocycles. The maximum Gasteiger partial charge on any atom is 0.317 e. The molecule has 0 atom stereocenters. The quantitative estimate of drug-likeness (QED) is 0.919. The number of aliphatic carboxylic acids is 1. The van der Waals surface area contributed by atoms with Crippen LogP contribution in [0.3, 0.4) is 0 Å². The van der Waals surface area contributed by atoms with Crippen LogP contribution in [-0.4, -0.2) is 64.5 Å². The first-order valence-corrected chi connectivity index (χ1v) is 8.77. The molecule has 1 amide bonds. The monoisotopic (exact) mass is 339 g/mol. The summed E-state index contributed by atoms with van der Waals surface area (Å²) >= 11 is 0. The number of hydrogen-bond acceptors (Lipinski definition) is 4. The standard InChI is InChI=1S/C19H21N3O3/c23-17(24)12-21-8-10-22(11-9-21)19(25)18-13-4-1-2-6-15(13)20-16-7-3-5-14(16)18/h1-2,4,6H,3,5,7-12H2,(H,23,24). The number of hydrogen-bond donors (Lipinski definition) is 1. The van der Waals surface area contributed by atoms with Gasteiger partial charge >= 0.3 is 5.97 Å². The van der Waals surface area contributed by atoms with Gasteiger partial charge in [-0.3, -0.25) is 19.5 Å². The number of carbonyl (C=O) groups excluding carboxylic acids is 1. The number of rotatable bonds is 3. The molecule has 1 saturated heterocycles. The Hall–Kier alpha value is -2.47. The fourth-order valence-electron chi connectivity index (χ4n) is 3.91. The topological polar surface area (TPSA) is 73.7 Å². The molecule has 1 fully saturated rings. The number of benzene rings is 1. The highest BCUT2D eigenvalue weighted by atomic mass is 16.4. The van der Waals surface area contributed by atoms with Crippen molar-refractivity contribution in [1.29, 1.82) is 0 Å². The molecule has 130 valence electrons. The molecule has 25 heavy (non-hydrogen) atoms. The molecular weight excluding hydrogens is 318 g/mol. The lowest BCUT2D eigenvalue weighted by molar-refractivity contribution is -0.138. The summed E-state index contributed by atoms with van der Waals surface area (Å²) in [5.74, 6) is -0.760. The molecular formula is C19H21N3O3. The number of carbonyl (C=O) groups is 2. The summed E-state index contributed by atoms with van der Waals surface area (Å²) in [6, 6.07) is 7.85. The van der Waals surface area contributed by atoms with Crippen LogP contribution in [0, 0.1) is 0 Å². The van der Waals surface area contributed by atoms with Crippen LogP contribution in [-0.2, 0) is 17.6 Å². The minimum Gasteiger partial charge on any atom is -0.480 e. The highest BCUT2D eigenvalue weighted by Gasteiger charge is 2.29. The van der Waals surface area contributed by atoms with Gasteiger partial charge in [-0.2, -0.15) is 0 Å². The summed E-state index contributed by atoms with van der Waals surface area (Å²) < 4.78 is 0. The van der Waals surface area contributed by atoms with E-state index in [2.05, 4.69) is 0 Å². The number of piperazine rings is 1. The van der Waals surface area contributed by atoms with Crippen molar-refractivity contribution in [3.63, 3.8) is 0 Å². The van der Waals surface area contributed by atoms with E-state index >= 15 is 0 Å². The van der Waals surface area contributed by atoms with Gasteiger partial charge in [0, 0.05) is 37.3 Å². The van der Waals surface area contributed by atoms with E-state index < -0.39 is 5.97 Å². The Balaban J connectivity index is 1.64. The molecule has 1 aliphatic heterocycles. The Morgan fingerprint density at radius 3 is 2.60 bits per heavy atom. The van der Waals surface area contributed by atoms with Crippen LogP contribution in [0.1, 0.15) is 28.0 Å². The van der Waals surface area contributed by atoms with Gasteiger partial charge in [-0.05, 0) is 30.9 Å². The zero-order chi connectivity index (χ0) is 17.4. The van der Waals surface area contributed by atoms with Gasteiger partial charge < -0.3 is 10.0 Å². The van der Waals surface area contributed by atoms with E-state index in [1.54, 1.807) is 0 Å². The molecule has 6 heteroatoms. The second-order valence-electron chi connectivity index (χ2n) is 6.74. The van der Waals surface area contributed by atoms with Gasteiger partial charge in [-0.1, -0.05) is 18.2 Å². The predicted molar refractivity (Wildman–Crippen MR) is 93.7 cm³/mol. The average Bonchev–Trinajstić information content (AvgIpc) is 3.07. The van der Waals surface area contributed by atoms with Gasteiger partial charge in [0.05, 0.1) is 17.6 Å². The third-order valence-electron chi connectivity index (χ3n) is 5.15. The largest absolute Gasteiger partial charge is 0.480 e. The Bertz CT molecular complexity index is 841. The number of nitrogens with zero attached hydrogens (tertiary/aromatic N) is 3. The van der Waals surface area contributed by atoms with Crippen LogP contribution < -0.4 is 0 Å². The molecule has 1 aliphatic carbocycles. The number of carboxylic acid groups (broad SMARTS) is 1. The van der Waals surface area contributed by atoms with E-state index in [4.69, 9.17) is 10.1 Å². The lowest BCUT2D eigenvalue weighted by atomic mass is 9.99. The first-order valence-electron chi connectivity index (χ1n) is 8.77. The molecule has 0 spiro atoms. The van der Waals surface area contributed by atoms with Crippen LogP contribution in [0.2, 0.25) is 0 Å². The third kappa shape index (κ3) is 2.98. The molecule has 6 nitrogen and oxygen atoms in total. The van der Waals surface area contributed by atoms with Gasteiger partial charge in [-0.25, -0.2) is 0 Å². The highest BCUT2D eigenvalue weighted by Crippen LogP contribution is 2.31. The number of carboxylic acids is 1. The van der Waals surface area contributed by atoms with E-state index in [1.807, 2.05) is 34.1 Å². The fraction of sp³-hybridized carbons (Fsp3) is 0.421. The minimum absolute atomic E-state index is 0.0373. The van der Waals surface area contributed by atoms with Crippen LogP contribution in [0.15, 0.2) is 24.3 Å². The molecule has 1 aromatic heterocycles. The number of pyridine rings is 1. The maximum atomic E-state index is 13.3. The van der Waals surface area contributed by atoms with Crippen molar-refractivity contribution in [2.75, 3.05) is 32.7 Å². The zero-order valence-electron chi connectivity index (χ0n) is 14.1. The summed E-state index contributed by atoms with van der Waals surface area (Å²) in [5, 5.41) is 9.85. The second kappa shape index (κ2) is 6.44. The van der Waals surface area contributed by atoms with Gasteiger partial charge in [-0.15, -0.1) is 0 Å². The molecule has 0 radical (unpaired) electrons. The Morgan fingerprint density at radius 1 is 1.08 bits per heavy atom. The third-order valence-corrected chi connectivity index (χ3v) is 5.15.